The molecule has 2 amide bonds. The third-order valence-electron chi connectivity index (χ3n) is 5.32. The lowest BCUT2D eigenvalue weighted by Gasteiger charge is -2.34. The summed E-state index contributed by atoms with van der Waals surface area (Å²) in [6, 6.07) is 4.01. The summed E-state index contributed by atoms with van der Waals surface area (Å²) < 4.78 is 0. The Kier molecular flexibility index (Phi) is 5.73. The number of aliphatic carboxylic acids is 1. The molecule has 3 heterocycles. The molecule has 2 aliphatic heterocycles. The molecule has 3 rings (SSSR count). The van der Waals surface area contributed by atoms with Crippen molar-refractivity contribution < 1.29 is 14.7 Å². The Balaban J connectivity index is 1.37. The standard InChI is InChI=1S/C18H26N4O3/c23-17(24)15-5-11-22(12-6-15)18(25)20-13-14-3-9-21(10-4-14)16-1-7-19-8-2-16/h1-2,7-8,14-15H,3-6,9-13H2,(H,20,25)(H,23,24). The number of amides is 2. The Labute approximate surface area is 148 Å². The first kappa shape index (κ1) is 17.5. The number of nitrogens with one attached hydrogen (secondary N) is 1. The van der Waals surface area contributed by atoms with Crippen molar-refractivity contribution in [3.8, 4) is 0 Å². The molecule has 1 aromatic heterocycles. The van der Waals surface area contributed by atoms with Gasteiger partial charge in [-0.1, -0.05) is 0 Å². The van der Waals surface area contributed by atoms with Crippen LogP contribution in [0.3, 0.4) is 0 Å². The van der Waals surface area contributed by atoms with Crippen molar-refractivity contribution >= 4 is 17.7 Å². The summed E-state index contributed by atoms with van der Waals surface area (Å²) in [6.07, 6.45) is 6.85. The fourth-order valence-corrected chi connectivity index (χ4v) is 3.62. The van der Waals surface area contributed by atoms with Crippen LogP contribution in [0.1, 0.15) is 25.7 Å². The Morgan fingerprint density at radius 1 is 1.08 bits per heavy atom. The van der Waals surface area contributed by atoms with Gasteiger partial charge in [-0.15, -0.1) is 0 Å². The van der Waals surface area contributed by atoms with Crippen LogP contribution in [0.2, 0.25) is 0 Å². The number of hydrogen-bond acceptors (Lipinski definition) is 4. The molecule has 25 heavy (non-hydrogen) atoms. The van der Waals surface area contributed by atoms with Crippen LogP contribution in [0, 0.1) is 11.8 Å². The first-order valence-electron chi connectivity index (χ1n) is 9.04. The summed E-state index contributed by atoms with van der Waals surface area (Å²) in [4.78, 5) is 31.4. The molecular weight excluding hydrogens is 320 g/mol. The summed E-state index contributed by atoms with van der Waals surface area (Å²) >= 11 is 0. The Hall–Kier alpha value is -2.31. The van der Waals surface area contributed by atoms with Crippen molar-refractivity contribution in [2.24, 2.45) is 11.8 Å². The number of anilines is 1. The summed E-state index contributed by atoms with van der Waals surface area (Å²) in [6.45, 7) is 3.75. The second kappa shape index (κ2) is 8.18. The molecule has 0 unspecified atom stereocenters. The molecule has 2 fully saturated rings. The molecule has 2 saturated heterocycles. The number of aromatic nitrogens is 1. The van der Waals surface area contributed by atoms with Gasteiger partial charge in [0.25, 0.3) is 0 Å². The lowest BCUT2D eigenvalue weighted by Crippen LogP contribution is -2.47. The van der Waals surface area contributed by atoms with E-state index in [9.17, 15) is 9.59 Å². The average molecular weight is 346 g/mol. The number of urea groups is 1. The fourth-order valence-electron chi connectivity index (χ4n) is 3.62. The number of carbonyl (C=O) groups excluding carboxylic acids is 1. The lowest BCUT2D eigenvalue weighted by atomic mass is 9.96. The maximum Gasteiger partial charge on any atom is 0.317 e. The van der Waals surface area contributed by atoms with Gasteiger partial charge < -0.3 is 20.2 Å². The van der Waals surface area contributed by atoms with E-state index in [1.54, 1.807) is 4.90 Å². The van der Waals surface area contributed by atoms with Crippen molar-refractivity contribution in [1.82, 2.24) is 15.2 Å². The maximum absolute atomic E-state index is 12.3. The predicted octanol–water partition coefficient (Wildman–Crippen LogP) is 1.80. The summed E-state index contributed by atoms with van der Waals surface area (Å²) in [5.41, 5.74) is 1.21. The SMILES string of the molecule is O=C(O)C1CCN(C(=O)NCC2CCN(c3ccncc3)CC2)CC1. The fraction of sp³-hybridized carbons (Fsp3) is 0.611. The molecule has 0 saturated carbocycles. The molecule has 2 aliphatic rings. The van der Waals surface area contributed by atoms with Crippen LogP contribution < -0.4 is 10.2 Å². The molecule has 1 aromatic rings. The Morgan fingerprint density at radius 3 is 2.32 bits per heavy atom. The van der Waals surface area contributed by atoms with Gasteiger partial charge in [0.15, 0.2) is 0 Å². The van der Waals surface area contributed by atoms with Gasteiger partial charge in [0, 0.05) is 50.8 Å². The van der Waals surface area contributed by atoms with Crippen molar-refractivity contribution in [1.29, 1.82) is 0 Å². The maximum atomic E-state index is 12.3. The molecule has 0 aromatic carbocycles. The monoisotopic (exact) mass is 346 g/mol. The molecule has 0 bridgehead atoms. The number of carbonyl (C=O) groups is 2. The highest BCUT2D eigenvalue weighted by Gasteiger charge is 2.27. The summed E-state index contributed by atoms with van der Waals surface area (Å²) in [5.74, 6) is -0.554. The van der Waals surface area contributed by atoms with Gasteiger partial charge in [0.1, 0.15) is 0 Å². The normalized spacial score (nSPS) is 19.7. The molecule has 136 valence electrons. The third kappa shape index (κ3) is 4.61. The molecule has 0 atom stereocenters. The van der Waals surface area contributed by atoms with Crippen LogP contribution in [0.5, 0.6) is 0 Å². The van der Waals surface area contributed by atoms with Crippen molar-refractivity contribution in [3.05, 3.63) is 24.5 Å². The number of carboxylic acids is 1. The van der Waals surface area contributed by atoms with E-state index < -0.39 is 5.97 Å². The number of likely N-dealkylation sites (tertiary alicyclic amines) is 1. The van der Waals surface area contributed by atoms with Gasteiger partial charge in [-0.3, -0.25) is 9.78 Å². The van der Waals surface area contributed by atoms with Crippen LogP contribution in [-0.4, -0.2) is 59.7 Å². The number of carboxylic acid groups (broad SMARTS) is 1. The molecule has 2 N–H and O–H groups in total. The minimum absolute atomic E-state index is 0.0552. The summed E-state index contributed by atoms with van der Waals surface area (Å²) in [7, 11) is 0. The van der Waals surface area contributed by atoms with Gasteiger partial charge in [-0.05, 0) is 43.7 Å². The number of nitrogens with zero attached hydrogens (tertiary/aromatic N) is 3. The van der Waals surface area contributed by atoms with Crippen LogP contribution in [0.4, 0.5) is 10.5 Å². The van der Waals surface area contributed by atoms with E-state index in [1.165, 1.54) is 5.69 Å². The number of pyridine rings is 1. The molecular formula is C18H26N4O3. The largest absolute Gasteiger partial charge is 0.481 e. The van der Waals surface area contributed by atoms with Crippen LogP contribution in [-0.2, 0) is 4.79 Å². The number of piperidine rings is 2. The van der Waals surface area contributed by atoms with E-state index >= 15 is 0 Å². The Morgan fingerprint density at radius 2 is 1.72 bits per heavy atom. The molecule has 0 spiro atoms. The van der Waals surface area contributed by atoms with Gasteiger partial charge >= 0.3 is 12.0 Å². The molecule has 0 radical (unpaired) electrons. The zero-order valence-corrected chi connectivity index (χ0v) is 14.4. The molecule has 7 nitrogen and oxygen atoms in total. The highest BCUT2D eigenvalue weighted by Crippen LogP contribution is 2.22. The first-order valence-corrected chi connectivity index (χ1v) is 9.04. The predicted molar refractivity (Wildman–Crippen MR) is 94.5 cm³/mol. The average Bonchev–Trinajstić information content (AvgIpc) is 2.67. The smallest absolute Gasteiger partial charge is 0.317 e. The first-order chi connectivity index (χ1) is 12.1. The van der Waals surface area contributed by atoms with Crippen LogP contribution >= 0.6 is 0 Å². The van der Waals surface area contributed by atoms with E-state index in [2.05, 4.69) is 15.2 Å². The minimum Gasteiger partial charge on any atom is -0.481 e. The van der Waals surface area contributed by atoms with E-state index in [-0.39, 0.29) is 11.9 Å². The van der Waals surface area contributed by atoms with Gasteiger partial charge in [0.2, 0.25) is 0 Å². The van der Waals surface area contributed by atoms with Crippen molar-refractivity contribution in [3.63, 3.8) is 0 Å². The highest BCUT2D eigenvalue weighted by atomic mass is 16.4. The Bertz CT molecular complexity index is 579. The highest BCUT2D eigenvalue weighted by molar-refractivity contribution is 5.75. The van der Waals surface area contributed by atoms with Gasteiger partial charge in [-0.25, -0.2) is 4.79 Å². The van der Waals surface area contributed by atoms with Crippen molar-refractivity contribution in [2.75, 3.05) is 37.6 Å². The topological polar surface area (TPSA) is 85.8 Å². The zero-order valence-electron chi connectivity index (χ0n) is 14.4. The number of hydrogen-bond donors (Lipinski definition) is 2. The van der Waals surface area contributed by atoms with Gasteiger partial charge in [0.05, 0.1) is 5.92 Å². The molecule has 7 heteroatoms. The van der Waals surface area contributed by atoms with Crippen LogP contribution in [0.25, 0.3) is 0 Å². The second-order valence-electron chi connectivity index (χ2n) is 6.92. The van der Waals surface area contributed by atoms with E-state index in [1.807, 2.05) is 24.5 Å². The van der Waals surface area contributed by atoms with E-state index in [0.29, 0.717) is 38.4 Å². The zero-order chi connectivity index (χ0) is 17.6. The lowest BCUT2D eigenvalue weighted by molar-refractivity contribution is -0.143. The molecule has 0 aliphatic carbocycles. The minimum atomic E-state index is -0.749. The van der Waals surface area contributed by atoms with E-state index in [4.69, 9.17) is 5.11 Å². The number of rotatable bonds is 4. The second-order valence-corrected chi connectivity index (χ2v) is 6.92. The third-order valence-corrected chi connectivity index (χ3v) is 5.32. The van der Waals surface area contributed by atoms with E-state index in [0.717, 1.165) is 25.9 Å². The summed E-state index contributed by atoms with van der Waals surface area (Å²) in [5, 5.41) is 12.0. The van der Waals surface area contributed by atoms with Crippen molar-refractivity contribution in [2.45, 2.75) is 25.7 Å². The van der Waals surface area contributed by atoms with Crippen LogP contribution in [0.15, 0.2) is 24.5 Å². The van der Waals surface area contributed by atoms with Gasteiger partial charge in [-0.2, -0.15) is 0 Å². The quantitative estimate of drug-likeness (QED) is 0.868.